The van der Waals surface area contributed by atoms with Crippen molar-refractivity contribution in [3.8, 4) is 23.0 Å². The average molecular weight is 500 g/mol. The van der Waals surface area contributed by atoms with Gasteiger partial charge in [-0.1, -0.05) is 18.2 Å². The summed E-state index contributed by atoms with van der Waals surface area (Å²) in [4.78, 5) is 27.4. The SMILES string of the molecule is COCCC(NCCOc1ccc2[nH]c(-c3cc4ccccc4[nH]c3=O)cc2c1)c1cnc(OC)nc1. The van der Waals surface area contributed by atoms with Gasteiger partial charge in [0.2, 0.25) is 0 Å². The summed E-state index contributed by atoms with van der Waals surface area (Å²) in [6.45, 7) is 1.72. The molecule has 5 aromatic rings. The van der Waals surface area contributed by atoms with Gasteiger partial charge in [0.1, 0.15) is 12.4 Å². The molecule has 9 nitrogen and oxygen atoms in total. The quantitative estimate of drug-likeness (QED) is 0.233. The van der Waals surface area contributed by atoms with Crippen molar-refractivity contribution >= 4 is 21.8 Å². The van der Waals surface area contributed by atoms with Gasteiger partial charge in [-0.25, -0.2) is 9.97 Å². The summed E-state index contributed by atoms with van der Waals surface area (Å²) in [6, 6.07) is 17.9. The number of fused-ring (bicyclic) bond motifs is 2. The lowest BCUT2D eigenvalue weighted by atomic mass is 10.1. The van der Waals surface area contributed by atoms with Crippen LogP contribution in [0.4, 0.5) is 0 Å². The number of pyridine rings is 1. The van der Waals surface area contributed by atoms with E-state index in [0.717, 1.165) is 45.2 Å². The lowest BCUT2D eigenvalue weighted by Crippen LogP contribution is -2.27. The first-order valence-electron chi connectivity index (χ1n) is 12.1. The van der Waals surface area contributed by atoms with E-state index in [9.17, 15) is 4.79 Å². The van der Waals surface area contributed by atoms with E-state index >= 15 is 0 Å². The number of nitrogens with zero attached hydrogens (tertiary/aromatic N) is 2. The molecule has 0 radical (unpaired) electrons. The zero-order chi connectivity index (χ0) is 25.6. The van der Waals surface area contributed by atoms with Crippen LogP contribution in [0.25, 0.3) is 33.1 Å². The number of aromatic nitrogens is 4. The zero-order valence-electron chi connectivity index (χ0n) is 20.8. The van der Waals surface area contributed by atoms with Crippen LogP contribution in [0.5, 0.6) is 11.8 Å². The van der Waals surface area contributed by atoms with E-state index in [2.05, 4.69) is 25.3 Å². The zero-order valence-corrected chi connectivity index (χ0v) is 20.8. The molecule has 0 aliphatic carbocycles. The summed E-state index contributed by atoms with van der Waals surface area (Å²) in [6.07, 6.45) is 4.30. The molecule has 0 amide bonds. The van der Waals surface area contributed by atoms with E-state index in [-0.39, 0.29) is 11.6 Å². The standard InChI is InChI=1S/C28H29N5O4/c1-35-11-9-23(20-16-30-28(36-2)31-17-20)29-10-12-37-21-7-8-25-19(13-21)15-26(32-25)22-14-18-5-3-4-6-24(18)33-27(22)34/h3-8,13-17,23,29,32H,9-12H2,1-2H3,(H,33,34). The molecule has 0 aliphatic rings. The van der Waals surface area contributed by atoms with Gasteiger partial charge in [-0.05, 0) is 48.2 Å². The first-order chi connectivity index (χ1) is 18.1. The number of rotatable bonds is 11. The van der Waals surface area contributed by atoms with Gasteiger partial charge in [0.15, 0.2) is 0 Å². The minimum Gasteiger partial charge on any atom is -0.492 e. The van der Waals surface area contributed by atoms with Gasteiger partial charge in [0, 0.05) is 60.7 Å². The molecule has 37 heavy (non-hydrogen) atoms. The van der Waals surface area contributed by atoms with E-state index < -0.39 is 0 Å². The van der Waals surface area contributed by atoms with Crippen LogP contribution in [0, 0.1) is 0 Å². The lowest BCUT2D eigenvalue weighted by Gasteiger charge is -2.18. The van der Waals surface area contributed by atoms with Gasteiger partial charge >= 0.3 is 6.01 Å². The first-order valence-corrected chi connectivity index (χ1v) is 12.1. The number of H-pyrrole nitrogens is 2. The summed E-state index contributed by atoms with van der Waals surface area (Å²) in [5, 5.41) is 5.45. The molecular formula is C28H29N5O4. The van der Waals surface area contributed by atoms with Crippen molar-refractivity contribution in [3.05, 3.63) is 82.9 Å². The van der Waals surface area contributed by atoms with Crippen LogP contribution < -0.4 is 20.3 Å². The third-order valence-corrected chi connectivity index (χ3v) is 6.24. The molecule has 2 aromatic carbocycles. The fourth-order valence-electron chi connectivity index (χ4n) is 4.33. The van der Waals surface area contributed by atoms with Crippen molar-refractivity contribution in [2.45, 2.75) is 12.5 Å². The highest BCUT2D eigenvalue weighted by molar-refractivity contribution is 5.89. The molecule has 1 atom stereocenters. The van der Waals surface area contributed by atoms with Gasteiger partial charge in [0.25, 0.3) is 5.56 Å². The van der Waals surface area contributed by atoms with Gasteiger partial charge in [-0.15, -0.1) is 0 Å². The molecule has 0 fully saturated rings. The number of para-hydroxylation sites is 1. The molecular weight excluding hydrogens is 470 g/mol. The number of benzene rings is 2. The largest absolute Gasteiger partial charge is 0.492 e. The Morgan fingerprint density at radius 1 is 0.919 bits per heavy atom. The van der Waals surface area contributed by atoms with Gasteiger partial charge < -0.3 is 29.5 Å². The molecule has 5 rings (SSSR count). The Hall–Kier alpha value is -4.21. The number of ether oxygens (including phenoxy) is 3. The fraction of sp³-hybridized carbons (Fsp3) is 0.250. The highest BCUT2D eigenvalue weighted by atomic mass is 16.5. The predicted octanol–water partition coefficient (Wildman–Crippen LogP) is 4.22. The van der Waals surface area contributed by atoms with Crippen LogP contribution in [0.1, 0.15) is 18.0 Å². The molecule has 1 unspecified atom stereocenters. The van der Waals surface area contributed by atoms with Gasteiger partial charge in [-0.3, -0.25) is 4.79 Å². The molecule has 0 saturated heterocycles. The smallest absolute Gasteiger partial charge is 0.316 e. The number of nitrogens with one attached hydrogen (secondary N) is 3. The second-order valence-corrected chi connectivity index (χ2v) is 8.67. The third kappa shape index (κ3) is 5.63. The molecule has 9 heteroatoms. The molecule has 0 aliphatic heterocycles. The maximum Gasteiger partial charge on any atom is 0.316 e. The highest BCUT2D eigenvalue weighted by Crippen LogP contribution is 2.27. The van der Waals surface area contributed by atoms with Crippen molar-refractivity contribution in [1.82, 2.24) is 25.3 Å². The van der Waals surface area contributed by atoms with Crippen molar-refractivity contribution in [1.29, 1.82) is 0 Å². The maximum atomic E-state index is 12.7. The topological polar surface area (TPSA) is 114 Å². The Morgan fingerprint density at radius 2 is 1.73 bits per heavy atom. The van der Waals surface area contributed by atoms with Gasteiger partial charge in [0.05, 0.1) is 18.4 Å². The predicted molar refractivity (Wildman–Crippen MR) is 143 cm³/mol. The van der Waals surface area contributed by atoms with Crippen LogP contribution in [0.15, 0.2) is 71.8 Å². The van der Waals surface area contributed by atoms with Crippen LogP contribution in [-0.4, -0.2) is 53.9 Å². The number of methoxy groups -OCH3 is 2. The van der Waals surface area contributed by atoms with Crippen LogP contribution in [0.3, 0.4) is 0 Å². The summed E-state index contributed by atoms with van der Waals surface area (Å²) in [5.74, 6) is 0.758. The van der Waals surface area contributed by atoms with Crippen LogP contribution in [0.2, 0.25) is 0 Å². The molecule has 3 aromatic heterocycles. The average Bonchev–Trinajstić information content (AvgIpc) is 3.35. The minimum atomic E-state index is -0.127. The van der Waals surface area contributed by atoms with E-state index in [4.69, 9.17) is 14.2 Å². The summed E-state index contributed by atoms with van der Waals surface area (Å²) in [5.41, 5.74) is 3.96. The highest BCUT2D eigenvalue weighted by Gasteiger charge is 2.13. The second-order valence-electron chi connectivity index (χ2n) is 8.67. The maximum absolute atomic E-state index is 12.7. The summed E-state index contributed by atoms with van der Waals surface area (Å²) in [7, 11) is 3.23. The molecule has 0 spiro atoms. The van der Waals surface area contributed by atoms with Gasteiger partial charge in [-0.2, -0.15) is 0 Å². The molecule has 190 valence electrons. The normalized spacial score (nSPS) is 12.2. The van der Waals surface area contributed by atoms with E-state index in [1.54, 1.807) is 26.6 Å². The summed E-state index contributed by atoms with van der Waals surface area (Å²) < 4.78 is 16.3. The fourth-order valence-corrected chi connectivity index (χ4v) is 4.33. The second kappa shape index (κ2) is 11.2. The Balaban J connectivity index is 1.24. The van der Waals surface area contributed by atoms with E-state index in [0.29, 0.717) is 31.3 Å². The van der Waals surface area contributed by atoms with Crippen molar-refractivity contribution < 1.29 is 14.2 Å². The van der Waals surface area contributed by atoms with Crippen molar-refractivity contribution in [3.63, 3.8) is 0 Å². The van der Waals surface area contributed by atoms with Crippen LogP contribution >= 0.6 is 0 Å². The first kappa shape index (κ1) is 24.5. The number of aromatic amines is 2. The lowest BCUT2D eigenvalue weighted by molar-refractivity contribution is 0.181. The third-order valence-electron chi connectivity index (χ3n) is 6.24. The van der Waals surface area contributed by atoms with Crippen LogP contribution in [-0.2, 0) is 4.74 Å². The summed E-state index contributed by atoms with van der Waals surface area (Å²) >= 11 is 0. The van der Waals surface area contributed by atoms with E-state index in [1.807, 2.05) is 54.6 Å². The minimum absolute atomic E-state index is 0.0317. The Bertz CT molecular complexity index is 1540. The molecule has 0 bridgehead atoms. The number of hydrogen-bond acceptors (Lipinski definition) is 7. The Morgan fingerprint density at radius 3 is 2.54 bits per heavy atom. The molecule has 3 N–H and O–H groups in total. The Labute approximate surface area is 213 Å². The number of hydrogen-bond donors (Lipinski definition) is 3. The Kier molecular flexibility index (Phi) is 7.43. The monoisotopic (exact) mass is 499 g/mol. The molecule has 0 saturated carbocycles. The van der Waals surface area contributed by atoms with Crippen molar-refractivity contribution in [2.24, 2.45) is 0 Å². The van der Waals surface area contributed by atoms with E-state index in [1.165, 1.54) is 0 Å². The molecule has 3 heterocycles. The van der Waals surface area contributed by atoms with Crippen molar-refractivity contribution in [2.75, 3.05) is 34.0 Å².